The summed E-state index contributed by atoms with van der Waals surface area (Å²) in [5.41, 5.74) is 1.10. The van der Waals surface area contributed by atoms with Crippen LogP contribution in [0.1, 0.15) is 40.5 Å². The summed E-state index contributed by atoms with van der Waals surface area (Å²) in [5.74, 6) is -2.24. The molecular weight excluding hydrogens is 531 g/mol. The summed E-state index contributed by atoms with van der Waals surface area (Å²) in [4.78, 5) is 51.3. The van der Waals surface area contributed by atoms with Gasteiger partial charge in [0.25, 0.3) is 11.8 Å². The first-order valence-electron chi connectivity index (χ1n) is 11.7. The predicted octanol–water partition coefficient (Wildman–Crippen LogP) is 5.95. The second kappa shape index (κ2) is 11.9. The number of halogens is 2. The van der Waals surface area contributed by atoms with Crippen molar-refractivity contribution in [2.24, 2.45) is 0 Å². The molecule has 0 spiro atoms. The van der Waals surface area contributed by atoms with E-state index in [0.717, 1.165) is 17.7 Å². The van der Waals surface area contributed by atoms with E-state index in [4.69, 9.17) is 32.7 Å². The number of ether oxygens (including phenoxy) is 2. The highest BCUT2D eigenvalue weighted by molar-refractivity contribution is 6.53. The summed E-state index contributed by atoms with van der Waals surface area (Å²) in [7, 11) is 0. The number of carbonyl (C=O) groups excluding carboxylic acids is 4. The molecular formula is C28H22Cl2N2O6. The lowest BCUT2D eigenvalue weighted by atomic mass is 10.2. The third-order valence-corrected chi connectivity index (χ3v) is 6.21. The molecule has 0 unspecified atom stereocenters. The van der Waals surface area contributed by atoms with Gasteiger partial charge in [-0.25, -0.2) is 14.5 Å². The van der Waals surface area contributed by atoms with Crippen LogP contribution < -0.4 is 15.0 Å². The lowest BCUT2D eigenvalue weighted by Crippen LogP contribution is -2.32. The number of hydrogen-bond acceptors (Lipinski definition) is 7. The number of carbonyl (C=O) groups is 4. The summed E-state index contributed by atoms with van der Waals surface area (Å²) < 4.78 is 10.5. The summed E-state index contributed by atoms with van der Waals surface area (Å²) >= 11 is 12.2. The first-order valence-corrected chi connectivity index (χ1v) is 12.4. The quantitative estimate of drug-likeness (QED) is 0.151. The molecule has 38 heavy (non-hydrogen) atoms. The third kappa shape index (κ3) is 5.88. The Hall–Kier alpha value is -4.14. The zero-order valence-electron chi connectivity index (χ0n) is 20.2. The highest BCUT2D eigenvalue weighted by atomic mass is 35.5. The van der Waals surface area contributed by atoms with Crippen LogP contribution >= 0.6 is 23.2 Å². The topological polar surface area (TPSA) is 102 Å². The van der Waals surface area contributed by atoms with Crippen molar-refractivity contribution in [2.75, 3.05) is 16.8 Å². The van der Waals surface area contributed by atoms with Crippen LogP contribution in [-0.2, 0) is 14.3 Å². The maximum absolute atomic E-state index is 13.1. The van der Waals surface area contributed by atoms with Crippen molar-refractivity contribution < 1.29 is 28.7 Å². The molecule has 0 atom stereocenters. The van der Waals surface area contributed by atoms with Crippen LogP contribution in [0.2, 0.25) is 5.02 Å². The fourth-order valence-corrected chi connectivity index (χ4v) is 3.89. The molecule has 3 aromatic carbocycles. The Balaban J connectivity index is 1.43. The molecule has 1 heterocycles. The SMILES string of the molecule is CCCCOC(=O)c1ccc(N2C(=O)C(Cl)=C(Nc3ccc(C(=O)Oc4ccccc4Cl)cc3)C2=O)cc1. The van der Waals surface area contributed by atoms with Gasteiger partial charge in [-0.1, -0.05) is 48.7 Å². The zero-order chi connectivity index (χ0) is 27.2. The Morgan fingerprint density at radius 1 is 0.842 bits per heavy atom. The van der Waals surface area contributed by atoms with E-state index >= 15 is 0 Å². The van der Waals surface area contributed by atoms with Crippen molar-refractivity contribution in [1.82, 2.24) is 0 Å². The summed E-state index contributed by atoms with van der Waals surface area (Å²) in [6, 6.07) is 18.6. The molecule has 0 aliphatic carbocycles. The van der Waals surface area contributed by atoms with Crippen molar-refractivity contribution in [3.05, 3.63) is 99.7 Å². The van der Waals surface area contributed by atoms with E-state index in [-0.39, 0.29) is 27.7 Å². The Kier molecular flexibility index (Phi) is 8.45. The van der Waals surface area contributed by atoms with Crippen LogP contribution in [0.4, 0.5) is 11.4 Å². The fraction of sp³-hybridized carbons (Fsp3) is 0.143. The number of unbranched alkanes of at least 4 members (excludes halogenated alkanes) is 1. The molecule has 0 saturated carbocycles. The molecule has 0 saturated heterocycles. The number of benzene rings is 3. The Morgan fingerprint density at radius 2 is 1.47 bits per heavy atom. The van der Waals surface area contributed by atoms with E-state index in [1.807, 2.05) is 6.92 Å². The van der Waals surface area contributed by atoms with Gasteiger partial charge in [0.2, 0.25) is 0 Å². The fourth-order valence-electron chi connectivity index (χ4n) is 3.51. The molecule has 0 fully saturated rings. The lowest BCUT2D eigenvalue weighted by Gasteiger charge is -2.15. The minimum atomic E-state index is -0.711. The van der Waals surface area contributed by atoms with Gasteiger partial charge in [-0.2, -0.15) is 0 Å². The largest absolute Gasteiger partial charge is 0.462 e. The molecule has 3 aromatic rings. The van der Waals surface area contributed by atoms with Crippen molar-refractivity contribution in [1.29, 1.82) is 0 Å². The number of hydrogen-bond donors (Lipinski definition) is 1. The van der Waals surface area contributed by atoms with E-state index in [0.29, 0.717) is 22.9 Å². The standard InChI is InChI=1S/C28H22Cl2N2O6/c1-2-3-16-37-27(35)17-10-14-20(15-11-17)32-25(33)23(30)24(26(32)34)31-19-12-8-18(9-13-19)28(36)38-22-7-5-4-6-21(22)29/h4-15,31H,2-3,16H2,1H3. The van der Waals surface area contributed by atoms with Crippen molar-refractivity contribution in [2.45, 2.75) is 19.8 Å². The zero-order valence-corrected chi connectivity index (χ0v) is 21.7. The van der Waals surface area contributed by atoms with Crippen LogP contribution in [0.3, 0.4) is 0 Å². The number of imide groups is 1. The molecule has 0 radical (unpaired) electrons. The molecule has 1 N–H and O–H groups in total. The van der Waals surface area contributed by atoms with E-state index < -0.39 is 23.8 Å². The number of rotatable bonds is 9. The molecule has 1 aliphatic rings. The number of anilines is 2. The van der Waals surface area contributed by atoms with E-state index in [9.17, 15) is 19.2 Å². The normalized spacial score (nSPS) is 13.1. The minimum absolute atomic E-state index is 0.119. The van der Waals surface area contributed by atoms with Crippen LogP contribution in [0.5, 0.6) is 5.75 Å². The number of nitrogens with one attached hydrogen (secondary N) is 1. The molecule has 8 nitrogen and oxygen atoms in total. The Morgan fingerprint density at radius 3 is 2.13 bits per heavy atom. The van der Waals surface area contributed by atoms with E-state index in [2.05, 4.69) is 5.32 Å². The van der Waals surface area contributed by atoms with Crippen molar-refractivity contribution in [3.63, 3.8) is 0 Å². The monoisotopic (exact) mass is 552 g/mol. The van der Waals surface area contributed by atoms with Gasteiger partial charge in [0, 0.05) is 5.69 Å². The molecule has 0 bridgehead atoms. The minimum Gasteiger partial charge on any atom is -0.462 e. The maximum atomic E-state index is 13.1. The first-order chi connectivity index (χ1) is 18.3. The number of esters is 2. The van der Waals surface area contributed by atoms with E-state index in [1.165, 1.54) is 36.4 Å². The van der Waals surface area contributed by atoms with Crippen molar-refractivity contribution >= 4 is 58.3 Å². The smallest absolute Gasteiger partial charge is 0.343 e. The van der Waals surface area contributed by atoms with Gasteiger partial charge in [-0.15, -0.1) is 0 Å². The maximum Gasteiger partial charge on any atom is 0.343 e. The summed E-state index contributed by atoms with van der Waals surface area (Å²) in [5, 5.41) is 2.85. The molecule has 194 valence electrons. The average molecular weight is 553 g/mol. The van der Waals surface area contributed by atoms with E-state index in [1.54, 1.807) is 36.4 Å². The van der Waals surface area contributed by atoms with Crippen molar-refractivity contribution in [3.8, 4) is 5.75 Å². The van der Waals surface area contributed by atoms with Gasteiger partial charge in [0.1, 0.15) is 16.5 Å². The van der Waals surface area contributed by atoms with Crippen LogP contribution in [-0.4, -0.2) is 30.4 Å². The van der Waals surface area contributed by atoms with Gasteiger partial charge < -0.3 is 14.8 Å². The van der Waals surface area contributed by atoms with Gasteiger partial charge in [0.05, 0.1) is 28.4 Å². The second-order valence-corrected chi connectivity index (χ2v) is 8.98. The number of para-hydroxylation sites is 1. The summed E-state index contributed by atoms with van der Waals surface area (Å²) in [6.45, 7) is 2.31. The number of nitrogens with zero attached hydrogens (tertiary/aromatic N) is 1. The van der Waals surface area contributed by atoms with Crippen LogP contribution in [0.15, 0.2) is 83.5 Å². The second-order valence-electron chi connectivity index (χ2n) is 8.19. The highest BCUT2D eigenvalue weighted by Gasteiger charge is 2.39. The van der Waals surface area contributed by atoms with Gasteiger partial charge in [0.15, 0.2) is 0 Å². The molecule has 4 rings (SSSR count). The Bertz CT molecular complexity index is 1420. The lowest BCUT2D eigenvalue weighted by molar-refractivity contribution is -0.120. The van der Waals surface area contributed by atoms with Gasteiger partial charge in [-0.05, 0) is 67.1 Å². The van der Waals surface area contributed by atoms with Crippen LogP contribution in [0.25, 0.3) is 0 Å². The highest BCUT2D eigenvalue weighted by Crippen LogP contribution is 2.31. The predicted molar refractivity (Wildman–Crippen MR) is 143 cm³/mol. The average Bonchev–Trinajstić information content (AvgIpc) is 3.13. The molecule has 0 aromatic heterocycles. The number of amides is 2. The molecule has 10 heteroatoms. The molecule has 2 amide bonds. The molecule has 1 aliphatic heterocycles. The van der Waals surface area contributed by atoms with Gasteiger partial charge in [-0.3, -0.25) is 9.59 Å². The van der Waals surface area contributed by atoms with Crippen LogP contribution in [0, 0.1) is 0 Å². The first kappa shape index (κ1) is 26.9. The Labute approximate surface area is 228 Å². The summed E-state index contributed by atoms with van der Waals surface area (Å²) in [6.07, 6.45) is 1.66. The third-order valence-electron chi connectivity index (χ3n) is 5.55. The van der Waals surface area contributed by atoms with Gasteiger partial charge >= 0.3 is 11.9 Å².